The maximum Gasteiger partial charge on any atom is 0.0697 e. The van der Waals surface area contributed by atoms with Gasteiger partial charge in [-0.15, -0.1) is 0 Å². The average molecular weight is 237 g/mol. The quantitative estimate of drug-likeness (QED) is 0.825. The fourth-order valence-corrected chi connectivity index (χ4v) is 2.62. The molecule has 17 heavy (non-hydrogen) atoms. The molecule has 1 aliphatic carbocycles. The normalized spacial score (nSPS) is 19.9. The first-order chi connectivity index (χ1) is 8.21. The molecule has 1 heterocycles. The highest BCUT2D eigenvalue weighted by molar-refractivity contribution is 5.09. The van der Waals surface area contributed by atoms with Gasteiger partial charge in [0.15, 0.2) is 0 Å². The molecule has 1 unspecified atom stereocenters. The van der Waals surface area contributed by atoms with E-state index >= 15 is 0 Å². The number of nitrogens with two attached hydrogens (primary N) is 1. The second-order valence-electron chi connectivity index (χ2n) is 5.03. The largest absolute Gasteiger partial charge is 0.378 e. The molecule has 0 aromatic carbocycles. The van der Waals surface area contributed by atoms with E-state index in [-0.39, 0.29) is 11.6 Å². The Hall–Kier alpha value is -0.870. The first-order valence-corrected chi connectivity index (χ1v) is 6.53. The van der Waals surface area contributed by atoms with Gasteiger partial charge >= 0.3 is 0 Å². The molecular weight excluding hydrogens is 214 g/mol. The Bertz CT molecular complexity index is 352. The van der Waals surface area contributed by atoms with E-state index in [1.54, 1.807) is 7.11 Å². The molecule has 4 nitrogen and oxygen atoms in total. The Balaban J connectivity index is 2.03. The smallest absolute Gasteiger partial charge is 0.0697 e. The summed E-state index contributed by atoms with van der Waals surface area (Å²) in [7, 11) is 1.80. The Morgan fingerprint density at radius 2 is 2.35 bits per heavy atom. The van der Waals surface area contributed by atoms with Crippen molar-refractivity contribution in [3.8, 4) is 0 Å². The first kappa shape index (κ1) is 12.6. The van der Waals surface area contributed by atoms with Crippen molar-refractivity contribution in [3.63, 3.8) is 0 Å². The summed E-state index contributed by atoms with van der Waals surface area (Å²) in [6, 6.07) is 2.06. The SMILES string of the molecule is CCCn1nccc1C(N)CC1(OC)CCC1. The molecule has 2 N–H and O–H groups in total. The lowest BCUT2D eigenvalue weighted by Crippen LogP contribution is -2.42. The van der Waals surface area contributed by atoms with Crippen LogP contribution in [0.25, 0.3) is 0 Å². The van der Waals surface area contributed by atoms with Crippen LogP contribution in [0.2, 0.25) is 0 Å². The van der Waals surface area contributed by atoms with Crippen LogP contribution in [0.3, 0.4) is 0 Å². The van der Waals surface area contributed by atoms with E-state index in [0.717, 1.165) is 37.9 Å². The van der Waals surface area contributed by atoms with Gasteiger partial charge in [0.05, 0.1) is 11.3 Å². The Morgan fingerprint density at radius 1 is 1.59 bits per heavy atom. The summed E-state index contributed by atoms with van der Waals surface area (Å²) in [6.07, 6.45) is 7.36. The van der Waals surface area contributed by atoms with Gasteiger partial charge in [-0.25, -0.2) is 0 Å². The van der Waals surface area contributed by atoms with E-state index in [4.69, 9.17) is 10.5 Å². The van der Waals surface area contributed by atoms with Gasteiger partial charge in [0.2, 0.25) is 0 Å². The minimum atomic E-state index is 0.0285. The Labute approximate surface area is 103 Å². The zero-order chi connectivity index (χ0) is 12.3. The van der Waals surface area contributed by atoms with Crippen LogP contribution in [-0.2, 0) is 11.3 Å². The van der Waals surface area contributed by atoms with Crippen LogP contribution in [0.1, 0.15) is 50.8 Å². The van der Waals surface area contributed by atoms with Crippen molar-refractivity contribution in [2.75, 3.05) is 7.11 Å². The molecule has 1 aliphatic rings. The summed E-state index contributed by atoms with van der Waals surface area (Å²) in [6.45, 7) is 3.09. The topological polar surface area (TPSA) is 53.1 Å². The second kappa shape index (κ2) is 5.19. The maximum atomic E-state index is 6.30. The van der Waals surface area contributed by atoms with E-state index in [2.05, 4.69) is 12.0 Å². The molecule has 0 spiro atoms. The molecule has 96 valence electrons. The van der Waals surface area contributed by atoms with Crippen LogP contribution in [0.4, 0.5) is 0 Å². The average Bonchev–Trinajstić information content (AvgIpc) is 2.72. The third kappa shape index (κ3) is 2.53. The molecule has 1 aromatic rings. The van der Waals surface area contributed by atoms with Gasteiger partial charge in [0, 0.05) is 25.9 Å². The number of methoxy groups -OCH3 is 1. The molecule has 0 amide bonds. The number of hydrogen-bond donors (Lipinski definition) is 1. The van der Waals surface area contributed by atoms with Crippen molar-refractivity contribution < 1.29 is 4.74 Å². The van der Waals surface area contributed by atoms with Gasteiger partial charge in [0.1, 0.15) is 0 Å². The summed E-state index contributed by atoms with van der Waals surface area (Å²) >= 11 is 0. The minimum absolute atomic E-state index is 0.0285. The molecule has 0 saturated heterocycles. The van der Waals surface area contributed by atoms with Crippen molar-refractivity contribution in [2.24, 2.45) is 5.73 Å². The predicted octanol–water partition coefficient (Wildman–Crippen LogP) is 2.25. The van der Waals surface area contributed by atoms with Gasteiger partial charge in [-0.05, 0) is 38.2 Å². The molecule has 0 bridgehead atoms. The number of aryl methyl sites for hydroxylation is 1. The fraction of sp³-hybridized carbons (Fsp3) is 0.769. The maximum absolute atomic E-state index is 6.30. The third-order valence-corrected chi connectivity index (χ3v) is 3.85. The molecule has 4 heteroatoms. The molecule has 0 radical (unpaired) electrons. The second-order valence-corrected chi connectivity index (χ2v) is 5.03. The number of ether oxygens (including phenoxy) is 1. The van der Waals surface area contributed by atoms with Crippen molar-refractivity contribution in [2.45, 2.75) is 57.2 Å². The third-order valence-electron chi connectivity index (χ3n) is 3.85. The van der Waals surface area contributed by atoms with Crippen LogP contribution in [0.5, 0.6) is 0 Å². The Morgan fingerprint density at radius 3 is 2.88 bits per heavy atom. The standard InChI is InChI=1S/C13H23N3O/c1-3-9-16-12(5-8-15-16)11(14)10-13(17-2)6-4-7-13/h5,8,11H,3-4,6-7,9-10,14H2,1-2H3. The summed E-state index contributed by atoms with van der Waals surface area (Å²) in [5, 5.41) is 4.32. The summed E-state index contributed by atoms with van der Waals surface area (Å²) < 4.78 is 7.65. The highest BCUT2D eigenvalue weighted by Gasteiger charge is 2.39. The van der Waals surface area contributed by atoms with Gasteiger partial charge in [-0.3, -0.25) is 4.68 Å². The molecular formula is C13H23N3O. The van der Waals surface area contributed by atoms with Crippen molar-refractivity contribution in [1.29, 1.82) is 0 Å². The minimum Gasteiger partial charge on any atom is -0.378 e. The molecule has 1 fully saturated rings. The number of hydrogen-bond acceptors (Lipinski definition) is 3. The summed E-state index contributed by atoms with van der Waals surface area (Å²) in [5.41, 5.74) is 7.46. The zero-order valence-electron chi connectivity index (χ0n) is 10.9. The number of aromatic nitrogens is 2. The molecule has 1 aromatic heterocycles. The lowest BCUT2D eigenvalue weighted by atomic mass is 9.75. The van der Waals surface area contributed by atoms with Gasteiger partial charge in [0.25, 0.3) is 0 Å². The monoisotopic (exact) mass is 237 g/mol. The van der Waals surface area contributed by atoms with Crippen molar-refractivity contribution >= 4 is 0 Å². The lowest BCUT2D eigenvalue weighted by Gasteiger charge is -2.42. The van der Waals surface area contributed by atoms with Crippen molar-refractivity contribution in [3.05, 3.63) is 18.0 Å². The van der Waals surface area contributed by atoms with Crippen LogP contribution < -0.4 is 5.73 Å². The predicted molar refractivity (Wildman–Crippen MR) is 67.7 cm³/mol. The molecule has 2 rings (SSSR count). The zero-order valence-corrected chi connectivity index (χ0v) is 10.9. The summed E-state index contributed by atoms with van der Waals surface area (Å²) in [5.74, 6) is 0. The first-order valence-electron chi connectivity index (χ1n) is 6.53. The van der Waals surface area contributed by atoms with Crippen LogP contribution in [0, 0.1) is 0 Å². The Kier molecular flexibility index (Phi) is 3.84. The van der Waals surface area contributed by atoms with Crippen LogP contribution >= 0.6 is 0 Å². The summed E-state index contributed by atoms with van der Waals surface area (Å²) in [4.78, 5) is 0. The van der Waals surface area contributed by atoms with Crippen LogP contribution in [-0.4, -0.2) is 22.5 Å². The van der Waals surface area contributed by atoms with E-state index in [0.29, 0.717) is 0 Å². The van der Waals surface area contributed by atoms with E-state index in [9.17, 15) is 0 Å². The van der Waals surface area contributed by atoms with Gasteiger partial charge < -0.3 is 10.5 Å². The van der Waals surface area contributed by atoms with E-state index in [1.807, 2.05) is 16.9 Å². The number of nitrogens with zero attached hydrogens (tertiary/aromatic N) is 2. The fourth-order valence-electron chi connectivity index (χ4n) is 2.62. The van der Waals surface area contributed by atoms with Crippen LogP contribution in [0.15, 0.2) is 12.3 Å². The lowest BCUT2D eigenvalue weighted by molar-refractivity contribution is -0.0820. The molecule has 1 atom stereocenters. The molecule has 0 aliphatic heterocycles. The van der Waals surface area contributed by atoms with Gasteiger partial charge in [-0.2, -0.15) is 5.10 Å². The van der Waals surface area contributed by atoms with E-state index in [1.165, 1.54) is 6.42 Å². The van der Waals surface area contributed by atoms with Gasteiger partial charge in [-0.1, -0.05) is 6.92 Å². The molecule has 1 saturated carbocycles. The van der Waals surface area contributed by atoms with Crippen molar-refractivity contribution in [1.82, 2.24) is 9.78 Å². The highest BCUT2D eigenvalue weighted by atomic mass is 16.5. The van der Waals surface area contributed by atoms with E-state index < -0.39 is 0 Å². The highest BCUT2D eigenvalue weighted by Crippen LogP contribution is 2.41. The number of rotatable bonds is 6.